The molecule has 0 spiro atoms. The number of hydrogen-bond acceptors (Lipinski definition) is 3. The van der Waals surface area contributed by atoms with E-state index in [0.29, 0.717) is 12.8 Å². The number of ether oxygens (including phenoxy) is 1. The summed E-state index contributed by atoms with van der Waals surface area (Å²) in [5.41, 5.74) is 0. The molecule has 0 bridgehead atoms. The third-order valence-electron chi connectivity index (χ3n) is 5.50. The molecule has 4 nitrogen and oxygen atoms in total. The number of halogens is 2. The van der Waals surface area contributed by atoms with Crippen LogP contribution in [0.25, 0.3) is 0 Å². The maximum atomic E-state index is 10.4. The van der Waals surface area contributed by atoms with Crippen LogP contribution in [0.3, 0.4) is 0 Å². The van der Waals surface area contributed by atoms with Crippen molar-refractivity contribution >= 4 is 35.1 Å². The number of carbonyl (C=O) groups is 2. The van der Waals surface area contributed by atoms with Crippen LogP contribution in [0.4, 0.5) is 0 Å². The minimum absolute atomic E-state index is 0.302. The van der Waals surface area contributed by atoms with Crippen LogP contribution < -0.4 is 0 Å². The third-order valence-corrected chi connectivity index (χ3v) is 5.68. The number of hydrogen-bond donors (Lipinski definition) is 1. The van der Waals surface area contributed by atoms with E-state index in [1.165, 1.54) is 109 Å². The van der Waals surface area contributed by atoms with Gasteiger partial charge in [0.2, 0.25) is 0 Å². The van der Waals surface area contributed by atoms with Crippen molar-refractivity contribution < 1.29 is 19.4 Å². The minimum Gasteiger partial charge on any atom is -0.481 e. The zero-order valence-corrected chi connectivity index (χ0v) is 22.4. The van der Waals surface area contributed by atoms with Gasteiger partial charge in [0.05, 0.1) is 0 Å². The summed E-state index contributed by atoms with van der Waals surface area (Å²) < 4.78 is 4.29. The van der Waals surface area contributed by atoms with Crippen molar-refractivity contribution in [1.29, 1.82) is 0 Å². The Bertz CT molecular complexity index is 403. The fraction of sp³-hybridized carbons (Fsp3) is 0.923. The molecule has 0 aliphatic heterocycles. The molecule has 0 aromatic rings. The molecular formula is C26H50Cl2O4. The van der Waals surface area contributed by atoms with Gasteiger partial charge in [0.1, 0.15) is 0 Å². The van der Waals surface area contributed by atoms with Crippen LogP contribution in [0, 0.1) is 0 Å². The van der Waals surface area contributed by atoms with Crippen LogP contribution in [0.2, 0.25) is 0 Å². The number of carboxylic acids is 1. The Morgan fingerprint density at radius 1 is 0.625 bits per heavy atom. The highest BCUT2D eigenvalue weighted by molar-refractivity contribution is 6.43. The Kier molecular flexibility index (Phi) is 30.1. The van der Waals surface area contributed by atoms with Crippen LogP contribution in [0.1, 0.15) is 149 Å². The Balaban J connectivity index is 0. The maximum absolute atomic E-state index is 10.4. The lowest BCUT2D eigenvalue weighted by molar-refractivity contribution is -0.142. The minimum atomic E-state index is -1.03. The smallest absolute Gasteiger partial charge is 0.307 e. The normalized spacial score (nSPS) is 10.7. The van der Waals surface area contributed by atoms with Crippen LogP contribution >= 0.6 is 23.2 Å². The zero-order valence-electron chi connectivity index (χ0n) is 20.9. The molecule has 0 amide bonds. The number of aliphatic carboxylic acids is 1. The summed E-state index contributed by atoms with van der Waals surface area (Å²) in [6.07, 6.45) is 26.4. The Labute approximate surface area is 208 Å². The predicted molar refractivity (Wildman–Crippen MR) is 138 cm³/mol. The number of unbranched alkanes of at least 4 members (excludes halogenated alkanes) is 18. The molecule has 0 rings (SSSR count). The zero-order chi connectivity index (χ0) is 24.3. The van der Waals surface area contributed by atoms with Gasteiger partial charge in [0.25, 0.3) is 5.02 Å². The second-order valence-corrected chi connectivity index (χ2v) is 9.63. The lowest BCUT2D eigenvalue weighted by atomic mass is 10.0. The quantitative estimate of drug-likeness (QED) is 0.0919. The first-order valence-corrected chi connectivity index (χ1v) is 14.0. The lowest BCUT2D eigenvalue weighted by Gasteiger charge is -2.03. The van der Waals surface area contributed by atoms with Gasteiger partial charge in [-0.2, -0.15) is 0 Å². The SMILES string of the molecule is CCC(=O)OC(Cl)Cl.CCCCCCCCCCCCCCCCCCCCCC(=O)O. The first kappa shape index (κ1) is 33.7. The molecule has 0 radical (unpaired) electrons. The van der Waals surface area contributed by atoms with E-state index >= 15 is 0 Å². The second kappa shape index (κ2) is 28.6. The van der Waals surface area contributed by atoms with E-state index in [1.807, 2.05) is 0 Å². The molecule has 6 heteroatoms. The van der Waals surface area contributed by atoms with Crippen molar-refractivity contribution in [2.75, 3.05) is 0 Å². The Morgan fingerprint density at radius 3 is 1.16 bits per heavy atom. The van der Waals surface area contributed by atoms with E-state index in [2.05, 4.69) is 11.7 Å². The number of carbonyl (C=O) groups excluding carboxylic acids is 1. The fourth-order valence-electron chi connectivity index (χ4n) is 3.54. The lowest BCUT2D eigenvalue weighted by Crippen LogP contribution is -2.05. The van der Waals surface area contributed by atoms with E-state index < -0.39 is 11.0 Å². The van der Waals surface area contributed by atoms with E-state index in [9.17, 15) is 9.59 Å². The molecule has 192 valence electrons. The van der Waals surface area contributed by atoms with E-state index in [1.54, 1.807) is 6.92 Å². The summed E-state index contributed by atoms with van der Waals surface area (Å²) in [5, 5.41) is 7.53. The van der Waals surface area contributed by atoms with Gasteiger partial charge in [-0.3, -0.25) is 9.59 Å². The molecule has 0 heterocycles. The van der Waals surface area contributed by atoms with Gasteiger partial charge >= 0.3 is 11.9 Å². The third kappa shape index (κ3) is 34.1. The van der Waals surface area contributed by atoms with Crippen molar-refractivity contribution in [3.8, 4) is 0 Å². The molecule has 0 fully saturated rings. The van der Waals surface area contributed by atoms with Crippen LogP contribution in [-0.2, 0) is 14.3 Å². The van der Waals surface area contributed by atoms with Gasteiger partial charge < -0.3 is 9.84 Å². The van der Waals surface area contributed by atoms with Gasteiger partial charge in [0.15, 0.2) is 0 Å². The van der Waals surface area contributed by atoms with Crippen molar-refractivity contribution in [2.45, 2.75) is 154 Å². The van der Waals surface area contributed by atoms with E-state index in [0.717, 1.165) is 12.8 Å². The molecule has 0 saturated carbocycles. The standard InChI is InChI=1S/C22H44O2.C4H6Cl2O2/c1-2-3-4-5-6-7-8-9-10-11-12-13-14-15-16-17-18-19-20-21-22(23)24;1-2-3(7)8-4(5)6/h2-21H2,1H3,(H,23,24);4H,2H2,1H3. The number of alkyl halides is 2. The fourth-order valence-corrected chi connectivity index (χ4v) is 3.74. The van der Waals surface area contributed by atoms with Crippen LogP contribution in [0.5, 0.6) is 0 Å². The maximum Gasteiger partial charge on any atom is 0.307 e. The molecule has 0 aromatic heterocycles. The Hall–Kier alpha value is -0.480. The number of carboxylic acid groups (broad SMARTS) is 1. The van der Waals surface area contributed by atoms with Crippen LogP contribution in [0.15, 0.2) is 0 Å². The van der Waals surface area contributed by atoms with Crippen molar-refractivity contribution in [3.05, 3.63) is 0 Å². The topological polar surface area (TPSA) is 63.6 Å². The van der Waals surface area contributed by atoms with Crippen LogP contribution in [-0.4, -0.2) is 22.1 Å². The highest BCUT2D eigenvalue weighted by Crippen LogP contribution is 2.14. The highest BCUT2D eigenvalue weighted by Gasteiger charge is 2.03. The molecule has 0 saturated heterocycles. The second-order valence-electron chi connectivity index (χ2n) is 8.61. The number of esters is 1. The van der Waals surface area contributed by atoms with Crippen molar-refractivity contribution in [1.82, 2.24) is 0 Å². The molecule has 0 aliphatic rings. The van der Waals surface area contributed by atoms with E-state index in [4.69, 9.17) is 28.3 Å². The molecule has 0 atom stereocenters. The first-order valence-electron chi connectivity index (χ1n) is 13.1. The molecule has 0 aliphatic carbocycles. The average Bonchev–Trinajstić information content (AvgIpc) is 2.75. The molecule has 1 N–H and O–H groups in total. The average molecular weight is 498 g/mol. The van der Waals surface area contributed by atoms with Gasteiger partial charge in [-0.25, -0.2) is 0 Å². The summed E-state index contributed by atoms with van der Waals surface area (Å²) in [6, 6.07) is 0. The number of rotatable bonds is 22. The van der Waals surface area contributed by atoms with Crippen molar-refractivity contribution in [3.63, 3.8) is 0 Å². The molecular weight excluding hydrogens is 447 g/mol. The Morgan fingerprint density at radius 2 is 0.938 bits per heavy atom. The van der Waals surface area contributed by atoms with Crippen molar-refractivity contribution in [2.24, 2.45) is 0 Å². The summed E-state index contributed by atoms with van der Waals surface area (Å²) >= 11 is 10.1. The van der Waals surface area contributed by atoms with Gasteiger partial charge in [0, 0.05) is 12.8 Å². The van der Waals surface area contributed by atoms with Gasteiger partial charge in [-0.1, -0.05) is 153 Å². The summed E-state index contributed by atoms with van der Waals surface area (Å²) in [7, 11) is 0. The largest absolute Gasteiger partial charge is 0.481 e. The first-order chi connectivity index (χ1) is 15.4. The highest BCUT2D eigenvalue weighted by atomic mass is 35.5. The van der Waals surface area contributed by atoms with E-state index in [-0.39, 0.29) is 5.97 Å². The monoisotopic (exact) mass is 496 g/mol. The molecule has 32 heavy (non-hydrogen) atoms. The summed E-state index contributed by atoms with van der Waals surface area (Å²) in [5.74, 6) is -1.04. The predicted octanol–water partition coefficient (Wildman–Crippen LogP) is 9.59. The van der Waals surface area contributed by atoms with Gasteiger partial charge in [-0.15, -0.1) is 0 Å². The molecule has 0 aromatic carbocycles. The molecule has 0 unspecified atom stereocenters. The van der Waals surface area contributed by atoms with Gasteiger partial charge in [-0.05, 0) is 6.42 Å². The summed E-state index contributed by atoms with van der Waals surface area (Å²) in [6.45, 7) is 3.95. The summed E-state index contributed by atoms with van der Waals surface area (Å²) in [4.78, 5) is 20.6.